The molecule has 8 nitrogen and oxygen atoms in total. The summed E-state index contributed by atoms with van der Waals surface area (Å²) in [5.74, 6) is -1.33. The Morgan fingerprint density at radius 3 is 2.62 bits per heavy atom. The molecule has 21 heavy (non-hydrogen) atoms. The largest absolute Gasteiger partial charge is 0.497 e. The van der Waals surface area contributed by atoms with Crippen LogP contribution in [0.1, 0.15) is 17.3 Å². The number of methoxy groups -OCH3 is 1. The predicted molar refractivity (Wildman–Crippen MR) is 72.3 cm³/mol. The SMILES string of the molecule is COc1ccc([C@H](Cc2nc([N+](=O)[O-])c[nH]2)C(=O)O)cc1. The van der Waals surface area contributed by atoms with E-state index in [9.17, 15) is 20.0 Å². The number of aromatic amines is 1. The minimum absolute atomic E-state index is 0.0372. The van der Waals surface area contributed by atoms with E-state index in [0.29, 0.717) is 11.3 Å². The number of carbonyl (C=O) groups is 1. The van der Waals surface area contributed by atoms with Gasteiger partial charge in [-0.05, 0) is 27.6 Å². The Hall–Kier alpha value is -2.90. The fourth-order valence-electron chi connectivity index (χ4n) is 1.93. The first-order valence-electron chi connectivity index (χ1n) is 6.06. The predicted octanol–water partition coefficient (Wildman–Crippen LogP) is 1.74. The van der Waals surface area contributed by atoms with E-state index in [-0.39, 0.29) is 18.1 Å². The van der Waals surface area contributed by atoms with E-state index in [1.54, 1.807) is 24.3 Å². The number of rotatable bonds is 6. The van der Waals surface area contributed by atoms with E-state index in [2.05, 4.69) is 9.97 Å². The second-order valence-corrected chi connectivity index (χ2v) is 4.33. The zero-order valence-electron chi connectivity index (χ0n) is 11.1. The number of imidazole rings is 1. The molecule has 0 unspecified atom stereocenters. The first-order valence-corrected chi connectivity index (χ1v) is 6.06. The highest BCUT2D eigenvalue weighted by Crippen LogP contribution is 2.23. The van der Waals surface area contributed by atoms with Gasteiger partial charge in [0.15, 0.2) is 0 Å². The summed E-state index contributed by atoms with van der Waals surface area (Å²) in [5.41, 5.74) is 0.572. The summed E-state index contributed by atoms with van der Waals surface area (Å²) in [6.07, 6.45) is 1.18. The highest BCUT2D eigenvalue weighted by Gasteiger charge is 2.25. The second-order valence-electron chi connectivity index (χ2n) is 4.33. The van der Waals surface area contributed by atoms with Gasteiger partial charge in [0.05, 0.1) is 13.0 Å². The third-order valence-corrected chi connectivity index (χ3v) is 3.02. The lowest BCUT2D eigenvalue weighted by atomic mass is 9.95. The Morgan fingerprint density at radius 2 is 2.14 bits per heavy atom. The number of hydrogen-bond acceptors (Lipinski definition) is 5. The Kier molecular flexibility index (Phi) is 4.17. The number of carboxylic acids is 1. The average Bonchev–Trinajstić information content (AvgIpc) is 2.93. The third kappa shape index (κ3) is 3.35. The van der Waals surface area contributed by atoms with Gasteiger partial charge >= 0.3 is 11.8 Å². The Morgan fingerprint density at radius 1 is 1.48 bits per heavy atom. The number of benzene rings is 1. The summed E-state index contributed by atoms with van der Waals surface area (Å²) in [6.45, 7) is 0. The van der Waals surface area contributed by atoms with Crippen LogP contribution in [0, 0.1) is 10.1 Å². The summed E-state index contributed by atoms with van der Waals surface area (Å²) >= 11 is 0. The number of nitrogens with one attached hydrogen (secondary N) is 1. The number of ether oxygens (including phenoxy) is 1. The first kappa shape index (κ1) is 14.5. The number of aliphatic carboxylic acids is 1. The maximum Gasteiger partial charge on any atom is 0.381 e. The summed E-state index contributed by atoms with van der Waals surface area (Å²) in [7, 11) is 1.52. The third-order valence-electron chi connectivity index (χ3n) is 3.02. The number of aromatic nitrogens is 2. The van der Waals surface area contributed by atoms with Crippen LogP contribution in [0.15, 0.2) is 30.5 Å². The molecular formula is C13H13N3O5. The Labute approximate surface area is 119 Å². The van der Waals surface area contributed by atoms with Gasteiger partial charge in [0, 0.05) is 6.42 Å². The van der Waals surface area contributed by atoms with E-state index < -0.39 is 16.8 Å². The number of nitrogens with zero attached hydrogens (tertiary/aromatic N) is 2. The number of carboxylic acid groups (broad SMARTS) is 1. The van der Waals surface area contributed by atoms with Crippen molar-refractivity contribution in [2.45, 2.75) is 12.3 Å². The molecule has 2 aromatic rings. The molecule has 0 radical (unpaired) electrons. The molecule has 0 saturated carbocycles. The molecule has 0 aliphatic carbocycles. The molecule has 0 fully saturated rings. The van der Waals surface area contributed by atoms with Gasteiger partial charge in [0.2, 0.25) is 5.82 Å². The van der Waals surface area contributed by atoms with Crippen LogP contribution < -0.4 is 4.74 Å². The minimum atomic E-state index is -1.03. The fourth-order valence-corrected chi connectivity index (χ4v) is 1.93. The molecule has 1 aromatic heterocycles. The van der Waals surface area contributed by atoms with Gasteiger partial charge in [-0.15, -0.1) is 0 Å². The summed E-state index contributed by atoms with van der Waals surface area (Å²) in [4.78, 5) is 27.7. The summed E-state index contributed by atoms with van der Waals surface area (Å²) < 4.78 is 5.02. The van der Waals surface area contributed by atoms with Crippen molar-refractivity contribution in [3.05, 3.63) is 52.0 Å². The molecule has 110 valence electrons. The molecule has 0 saturated heterocycles. The smallest absolute Gasteiger partial charge is 0.381 e. The molecule has 0 aliphatic rings. The molecular weight excluding hydrogens is 278 g/mol. The van der Waals surface area contributed by atoms with Crippen molar-refractivity contribution in [3.63, 3.8) is 0 Å². The van der Waals surface area contributed by atoms with Crippen LogP contribution in [0.2, 0.25) is 0 Å². The van der Waals surface area contributed by atoms with E-state index in [0.717, 1.165) is 6.20 Å². The average molecular weight is 291 g/mol. The van der Waals surface area contributed by atoms with Crippen molar-refractivity contribution >= 4 is 11.8 Å². The van der Waals surface area contributed by atoms with Crippen molar-refractivity contribution < 1.29 is 19.6 Å². The molecule has 0 bridgehead atoms. The fraction of sp³-hybridized carbons (Fsp3) is 0.231. The van der Waals surface area contributed by atoms with E-state index in [4.69, 9.17) is 4.74 Å². The van der Waals surface area contributed by atoms with Crippen molar-refractivity contribution in [2.24, 2.45) is 0 Å². The van der Waals surface area contributed by atoms with Crippen molar-refractivity contribution in [2.75, 3.05) is 7.11 Å². The normalized spacial score (nSPS) is 11.9. The van der Waals surface area contributed by atoms with Gasteiger partial charge in [-0.2, -0.15) is 0 Å². The molecule has 8 heteroatoms. The van der Waals surface area contributed by atoms with Gasteiger partial charge < -0.3 is 24.9 Å². The Balaban J connectivity index is 2.21. The zero-order chi connectivity index (χ0) is 15.4. The topological polar surface area (TPSA) is 118 Å². The van der Waals surface area contributed by atoms with Crippen LogP contribution >= 0.6 is 0 Å². The Bertz CT molecular complexity index is 650. The maximum absolute atomic E-state index is 11.4. The quantitative estimate of drug-likeness (QED) is 0.618. The van der Waals surface area contributed by atoms with Crippen molar-refractivity contribution in [1.82, 2.24) is 9.97 Å². The van der Waals surface area contributed by atoms with Gasteiger partial charge in [0.25, 0.3) is 0 Å². The molecule has 1 aromatic carbocycles. The summed E-state index contributed by atoms with van der Waals surface area (Å²) in [6, 6.07) is 6.62. The first-order chi connectivity index (χ1) is 10.0. The van der Waals surface area contributed by atoms with Crippen LogP contribution in [-0.2, 0) is 11.2 Å². The highest BCUT2D eigenvalue weighted by molar-refractivity contribution is 5.76. The molecule has 0 amide bonds. The standard InChI is InChI=1S/C13H13N3O5/c1-21-9-4-2-8(3-5-9)10(13(17)18)6-11-14-7-12(15-11)16(19)20/h2-5,7,10H,6H2,1H3,(H,14,15)(H,17,18)/t10-/m0/s1. The zero-order valence-corrected chi connectivity index (χ0v) is 11.1. The van der Waals surface area contributed by atoms with Crippen LogP contribution in [0.4, 0.5) is 5.82 Å². The molecule has 2 rings (SSSR count). The van der Waals surface area contributed by atoms with Crippen LogP contribution in [0.5, 0.6) is 5.75 Å². The van der Waals surface area contributed by atoms with E-state index in [1.807, 2.05) is 0 Å². The molecule has 1 atom stereocenters. The van der Waals surface area contributed by atoms with Crippen molar-refractivity contribution in [3.8, 4) is 5.75 Å². The van der Waals surface area contributed by atoms with Crippen molar-refractivity contribution in [1.29, 1.82) is 0 Å². The number of hydrogen-bond donors (Lipinski definition) is 2. The van der Waals surface area contributed by atoms with Gasteiger partial charge in [-0.3, -0.25) is 4.79 Å². The summed E-state index contributed by atoms with van der Waals surface area (Å²) in [5, 5.41) is 19.9. The number of nitro groups is 1. The van der Waals surface area contributed by atoms with Gasteiger partial charge in [0.1, 0.15) is 11.9 Å². The molecule has 0 spiro atoms. The maximum atomic E-state index is 11.4. The van der Waals surface area contributed by atoms with Gasteiger partial charge in [-0.25, -0.2) is 0 Å². The van der Waals surface area contributed by atoms with E-state index >= 15 is 0 Å². The monoisotopic (exact) mass is 291 g/mol. The lowest BCUT2D eigenvalue weighted by Crippen LogP contribution is -2.15. The minimum Gasteiger partial charge on any atom is -0.497 e. The molecule has 2 N–H and O–H groups in total. The lowest BCUT2D eigenvalue weighted by Gasteiger charge is -2.10. The van der Waals surface area contributed by atoms with Crippen LogP contribution in [-0.4, -0.2) is 33.1 Å². The van der Waals surface area contributed by atoms with E-state index in [1.165, 1.54) is 7.11 Å². The molecule has 1 heterocycles. The van der Waals surface area contributed by atoms with Gasteiger partial charge in [-0.1, -0.05) is 12.1 Å². The van der Waals surface area contributed by atoms with Crippen LogP contribution in [0.3, 0.4) is 0 Å². The van der Waals surface area contributed by atoms with Crippen LogP contribution in [0.25, 0.3) is 0 Å². The molecule has 0 aliphatic heterocycles. The number of H-pyrrole nitrogens is 1. The highest BCUT2D eigenvalue weighted by atomic mass is 16.6. The second kappa shape index (κ2) is 6.04. The lowest BCUT2D eigenvalue weighted by molar-refractivity contribution is -0.389.